The van der Waals surface area contributed by atoms with Crippen molar-refractivity contribution in [2.75, 3.05) is 19.7 Å². The van der Waals surface area contributed by atoms with Crippen molar-refractivity contribution in [3.8, 4) is 11.5 Å². The average Bonchev–Trinajstić information content (AvgIpc) is 3.18. The van der Waals surface area contributed by atoms with E-state index in [-0.39, 0.29) is 17.6 Å². The van der Waals surface area contributed by atoms with Crippen LogP contribution in [0.4, 0.5) is 0 Å². The van der Waals surface area contributed by atoms with Gasteiger partial charge in [0.1, 0.15) is 17.6 Å². The van der Waals surface area contributed by atoms with Crippen LogP contribution in [0.2, 0.25) is 0 Å². The third-order valence-corrected chi connectivity index (χ3v) is 5.30. The Morgan fingerprint density at radius 1 is 1.17 bits per heavy atom. The van der Waals surface area contributed by atoms with Gasteiger partial charge in [0.2, 0.25) is 5.91 Å². The molecule has 1 saturated heterocycles. The Morgan fingerprint density at radius 2 is 1.93 bits per heavy atom. The van der Waals surface area contributed by atoms with Gasteiger partial charge in [0.15, 0.2) is 0 Å². The molecule has 0 N–H and O–H groups in total. The Hall–Kier alpha value is -2.76. The van der Waals surface area contributed by atoms with Crippen molar-refractivity contribution in [2.24, 2.45) is 7.05 Å². The first kappa shape index (κ1) is 21.0. The Morgan fingerprint density at radius 3 is 2.62 bits per heavy atom. The standard InChI is InChI=1S/C23H30N2O4/c1-4-13-28-19-8-5-18(6-9-19)7-10-22(26)25-12-11-20(16-25)29-21-14-17(2)24(3)23(27)15-21/h5-6,8-9,14-15,20H,4,7,10-13,16H2,1-3H3. The number of ether oxygens (including phenoxy) is 2. The normalized spacial score (nSPS) is 16.1. The molecular weight excluding hydrogens is 368 g/mol. The number of carbonyl (C=O) groups is 1. The number of likely N-dealkylation sites (tertiary alicyclic amines) is 1. The molecule has 1 atom stereocenters. The summed E-state index contributed by atoms with van der Waals surface area (Å²) >= 11 is 0. The van der Waals surface area contributed by atoms with E-state index in [1.165, 1.54) is 6.07 Å². The van der Waals surface area contributed by atoms with Gasteiger partial charge in [-0.1, -0.05) is 19.1 Å². The van der Waals surface area contributed by atoms with E-state index < -0.39 is 0 Å². The zero-order valence-electron chi connectivity index (χ0n) is 17.5. The maximum atomic E-state index is 12.6. The van der Waals surface area contributed by atoms with E-state index in [2.05, 4.69) is 6.92 Å². The summed E-state index contributed by atoms with van der Waals surface area (Å²) in [5.74, 6) is 1.59. The molecule has 2 aromatic rings. The van der Waals surface area contributed by atoms with E-state index >= 15 is 0 Å². The molecule has 29 heavy (non-hydrogen) atoms. The van der Waals surface area contributed by atoms with Gasteiger partial charge in [0, 0.05) is 38.2 Å². The number of amides is 1. The summed E-state index contributed by atoms with van der Waals surface area (Å²) in [4.78, 5) is 26.3. The number of benzene rings is 1. The van der Waals surface area contributed by atoms with Crippen molar-refractivity contribution in [2.45, 2.75) is 45.6 Å². The third kappa shape index (κ3) is 5.62. The van der Waals surface area contributed by atoms with Crippen molar-refractivity contribution < 1.29 is 14.3 Å². The fourth-order valence-corrected chi connectivity index (χ4v) is 3.43. The van der Waals surface area contributed by atoms with Crippen LogP contribution < -0.4 is 15.0 Å². The van der Waals surface area contributed by atoms with E-state index in [9.17, 15) is 9.59 Å². The van der Waals surface area contributed by atoms with Crippen LogP contribution in [0.15, 0.2) is 41.2 Å². The van der Waals surface area contributed by atoms with E-state index in [4.69, 9.17) is 9.47 Å². The molecule has 1 aromatic heterocycles. The lowest BCUT2D eigenvalue weighted by atomic mass is 10.1. The number of pyridine rings is 1. The Kier molecular flexibility index (Phi) is 6.96. The SMILES string of the molecule is CCCOc1ccc(CCC(=O)N2CCC(Oc3cc(C)n(C)c(=O)c3)C2)cc1. The van der Waals surface area contributed by atoms with Crippen molar-refractivity contribution in [1.82, 2.24) is 9.47 Å². The molecule has 6 nitrogen and oxygen atoms in total. The summed E-state index contributed by atoms with van der Waals surface area (Å²) in [6.45, 7) is 5.93. The van der Waals surface area contributed by atoms with Gasteiger partial charge in [-0.15, -0.1) is 0 Å². The van der Waals surface area contributed by atoms with Crippen molar-refractivity contribution in [3.63, 3.8) is 0 Å². The van der Waals surface area contributed by atoms with Crippen molar-refractivity contribution in [3.05, 3.63) is 58.0 Å². The van der Waals surface area contributed by atoms with Gasteiger partial charge in [0.05, 0.1) is 13.2 Å². The highest BCUT2D eigenvalue weighted by Gasteiger charge is 2.27. The topological polar surface area (TPSA) is 60.8 Å². The number of carbonyl (C=O) groups excluding carboxylic acids is 1. The number of hydrogen-bond donors (Lipinski definition) is 0. The molecule has 1 amide bonds. The van der Waals surface area contributed by atoms with Gasteiger partial charge in [-0.2, -0.15) is 0 Å². The van der Waals surface area contributed by atoms with Crippen LogP contribution in [-0.4, -0.2) is 41.2 Å². The summed E-state index contributed by atoms with van der Waals surface area (Å²) < 4.78 is 13.1. The van der Waals surface area contributed by atoms with Gasteiger partial charge >= 0.3 is 0 Å². The fourth-order valence-electron chi connectivity index (χ4n) is 3.43. The van der Waals surface area contributed by atoms with Gasteiger partial charge < -0.3 is 18.9 Å². The molecule has 0 spiro atoms. The fraction of sp³-hybridized carbons (Fsp3) is 0.478. The number of aryl methyl sites for hydroxylation is 2. The lowest BCUT2D eigenvalue weighted by Gasteiger charge is -2.18. The van der Waals surface area contributed by atoms with Crippen LogP contribution in [0.25, 0.3) is 0 Å². The average molecular weight is 399 g/mol. The monoisotopic (exact) mass is 398 g/mol. The highest BCUT2D eigenvalue weighted by atomic mass is 16.5. The summed E-state index contributed by atoms with van der Waals surface area (Å²) in [6.07, 6.45) is 2.89. The predicted molar refractivity (Wildman–Crippen MR) is 113 cm³/mol. The van der Waals surface area contributed by atoms with Gasteiger partial charge in [-0.25, -0.2) is 0 Å². The number of hydrogen-bond acceptors (Lipinski definition) is 4. The minimum atomic E-state index is -0.0861. The van der Waals surface area contributed by atoms with Crippen LogP contribution >= 0.6 is 0 Å². The molecule has 1 unspecified atom stereocenters. The first-order valence-electron chi connectivity index (χ1n) is 10.3. The predicted octanol–water partition coefficient (Wildman–Crippen LogP) is 3.10. The smallest absolute Gasteiger partial charge is 0.254 e. The highest BCUT2D eigenvalue weighted by molar-refractivity contribution is 5.76. The first-order valence-corrected chi connectivity index (χ1v) is 10.3. The lowest BCUT2D eigenvalue weighted by molar-refractivity contribution is -0.130. The highest BCUT2D eigenvalue weighted by Crippen LogP contribution is 2.20. The zero-order chi connectivity index (χ0) is 20.8. The second kappa shape index (κ2) is 9.63. The van der Waals surface area contributed by atoms with E-state index in [0.29, 0.717) is 38.3 Å². The lowest BCUT2D eigenvalue weighted by Crippen LogP contribution is -2.31. The summed E-state index contributed by atoms with van der Waals surface area (Å²) in [5, 5.41) is 0. The maximum absolute atomic E-state index is 12.6. The molecule has 0 bridgehead atoms. The largest absolute Gasteiger partial charge is 0.494 e. The van der Waals surface area contributed by atoms with Crippen molar-refractivity contribution >= 4 is 5.91 Å². The van der Waals surface area contributed by atoms with Crippen LogP contribution in [0.1, 0.15) is 37.4 Å². The second-order valence-corrected chi connectivity index (χ2v) is 7.59. The Bertz CT molecular complexity index is 889. The Balaban J connectivity index is 1.47. The molecule has 0 radical (unpaired) electrons. The van der Waals surface area contributed by atoms with E-state index in [1.54, 1.807) is 11.6 Å². The van der Waals surface area contributed by atoms with Crippen LogP contribution in [-0.2, 0) is 18.3 Å². The molecule has 156 valence electrons. The van der Waals surface area contributed by atoms with Crippen LogP contribution in [0, 0.1) is 6.92 Å². The summed E-state index contributed by atoms with van der Waals surface area (Å²) in [6, 6.07) is 11.3. The summed E-state index contributed by atoms with van der Waals surface area (Å²) in [5.41, 5.74) is 1.89. The van der Waals surface area contributed by atoms with E-state index in [1.807, 2.05) is 42.2 Å². The van der Waals surface area contributed by atoms with Gasteiger partial charge in [-0.05, 0) is 43.5 Å². The number of nitrogens with zero attached hydrogens (tertiary/aromatic N) is 2. The number of aromatic nitrogens is 1. The van der Waals surface area contributed by atoms with Crippen LogP contribution in [0.3, 0.4) is 0 Å². The van der Waals surface area contributed by atoms with Crippen molar-refractivity contribution in [1.29, 1.82) is 0 Å². The molecule has 1 aromatic carbocycles. The molecule has 2 heterocycles. The molecule has 6 heteroatoms. The van der Waals surface area contributed by atoms with Gasteiger partial charge in [0.25, 0.3) is 5.56 Å². The van der Waals surface area contributed by atoms with E-state index in [0.717, 1.165) is 29.8 Å². The quantitative estimate of drug-likeness (QED) is 0.686. The molecule has 0 aliphatic carbocycles. The maximum Gasteiger partial charge on any atom is 0.254 e. The molecular formula is C23H30N2O4. The van der Waals surface area contributed by atoms with Gasteiger partial charge in [-0.3, -0.25) is 9.59 Å². The minimum absolute atomic E-state index is 0.0690. The summed E-state index contributed by atoms with van der Waals surface area (Å²) in [7, 11) is 1.74. The Labute approximate surface area is 172 Å². The first-order chi connectivity index (χ1) is 14.0. The zero-order valence-corrected chi connectivity index (χ0v) is 17.5. The van der Waals surface area contributed by atoms with Crippen LogP contribution in [0.5, 0.6) is 11.5 Å². The third-order valence-electron chi connectivity index (χ3n) is 5.30. The number of rotatable bonds is 8. The molecule has 1 aliphatic heterocycles. The second-order valence-electron chi connectivity index (χ2n) is 7.59. The molecule has 3 rings (SSSR count). The molecule has 0 saturated carbocycles. The molecule has 1 fully saturated rings. The molecule has 1 aliphatic rings. The minimum Gasteiger partial charge on any atom is -0.494 e.